The van der Waals surface area contributed by atoms with Crippen molar-refractivity contribution in [2.75, 3.05) is 19.6 Å². The monoisotopic (exact) mass is 266 g/mol. The number of alkyl halides is 3. The molecule has 0 amide bonds. The lowest BCUT2D eigenvalue weighted by Crippen LogP contribution is -2.58. The Bertz CT molecular complexity index is 241. The fourth-order valence-corrected chi connectivity index (χ4v) is 2.57. The van der Waals surface area contributed by atoms with Gasteiger partial charge in [0.25, 0.3) is 0 Å². The molecule has 1 aliphatic heterocycles. The molecule has 5 heteroatoms. The Labute approximate surface area is 108 Å². The minimum atomic E-state index is -4.02. The Hall–Kier alpha value is -0.290. The Morgan fingerprint density at radius 3 is 2.50 bits per heavy atom. The van der Waals surface area contributed by atoms with Gasteiger partial charge in [-0.1, -0.05) is 20.8 Å². The summed E-state index contributed by atoms with van der Waals surface area (Å²) in [6.45, 7) is 8.70. The zero-order chi connectivity index (χ0) is 13.8. The predicted octanol–water partition coefficient (Wildman–Crippen LogP) is 3.04. The van der Waals surface area contributed by atoms with Gasteiger partial charge >= 0.3 is 6.18 Å². The molecule has 1 N–H and O–H groups in total. The van der Waals surface area contributed by atoms with Gasteiger partial charge < -0.3 is 5.32 Å². The summed E-state index contributed by atoms with van der Waals surface area (Å²) in [5.74, 6) is 0.473. The number of piperazine rings is 1. The lowest BCUT2D eigenvalue weighted by Gasteiger charge is -2.42. The van der Waals surface area contributed by atoms with Crippen LogP contribution in [-0.2, 0) is 0 Å². The highest BCUT2D eigenvalue weighted by atomic mass is 19.4. The van der Waals surface area contributed by atoms with Crippen LogP contribution in [-0.4, -0.2) is 42.8 Å². The van der Waals surface area contributed by atoms with Crippen LogP contribution < -0.4 is 5.32 Å². The highest BCUT2D eigenvalue weighted by Crippen LogP contribution is 2.23. The molecular formula is C13H25F3N2. The number of halogens is 3. The Morgan fingerprint density at radius 1 is 1.33 bits per heavy atom. The van der Waals surface area contributed by atoms with Gasteiger partial charge in [0.05, 0.1) is 0 Å². The summed E-state index contributed by atoms with van der Waals surface area (Å²) in [7, 11) is 0. The van der Waals surface area contributed by atoms with Gasteiger partial charge in [0.1, 0.15) is 0 Å². The van der Waals surface area contributed by atoms with Crippen LogP contribution in [0.4, 0.5) is 13.2 Å². The van der Waals surface area contributed by atoms with Gasteiger partial charge in [-0.3, -0.25) is 4.90 Å². The first-order valence-electron chi connectivity index (χ1n) is 6.87. The summed E-state index contributed by atoms with van der Waals surface area (Å²) in [5.41, 5.74) is 0. The molecule has 0 aliphatic carbocycles. The van der Waals surface area contributed by atoms with Crippen molar-refractivity contribution in [3.8, 4) is 0 Å². The van der Waals surface area contributed by atoms with E-state index in [-0.39, 0.29) is 6.42 Å². The van der Waals surface area contributed by atoms with Crippen molar-refractivity contribution >= 4 is 0 Å². The number of nitrogens with zero attached hydrogens (tertiary/aromatic N) is 1. The molecule has 1 aliphatic rings. The number of rotatable bonds is 5. The molecule has 2 atom stereocenters. The van der Waals surface area contributed by atoms with Crippen LogP contribution in [0.3, 0.4) is 0 Å². The van der Waals surface area contributed by atoms with Crippen LogP contribution in [0, 0.1) is 5.92 Å². The van der Waals surface area contributed by atoms with Crippen molar-refractivity contribution in [3.05, 3.63) is 0 Å². The smallest absolute Gasteiger partial charge is 0.311 e. The summed E-state index contributed by atoms with van der Waals surface area (Å²) in [6, 6.07) is 0.784. The van der Waals surface area contributed by atoms with Crippen LogP contribution in [0.1, 0.15) is 40.0 Å². The average Bonchev–Trinajstić information content (AvgIpc) is 2.26. The molecule has 1 saturated heterocycles. The molecule has 2 nitrogen and oxygen atoms in total. The fourth-order valence-electron chi connectivity index (χ4n) is 2.57. The number of nitrogens with one attached hydrogen (secondary N) is 1. The van der Waals surface area contributed by atoms with Gasteiger partial charge in [-0.05, 0) is 25.3 Å². The van der Waals surface area contributed by atoms with Crippen molar-refractivity contribution in [1.82, 2.24) is 10.2 Å². The van der Waals surface area contributed by atoms with E-state index in [4.69, 9.17) is 0 Å². The maximum atomic E-state index is 12.2. The number of hydrogen-bond donors (Lipinski definition) is 1. The second-order valence-electron chi connectivity index (χ2n) is 5.54. The van der Waals surface area contributed by atoms with E-state index in [0.29, 0.717) is 24.5 Å². The normalized spacial score (nSPS) is 26.8. The van der Waals surface area contributed by atoms with Gasteiger partial charge in [0.15, 0.2) is 0 Å². The van der Waals surface area contributed by atoms with E-state index >= 15 is 0 Å². The highest BCUT2D eigenvalue weighted by Gasteiger charge is 2.31. The largest absolute Gasteiger partial charge is 0.389 e. The zero-order valence-electron chi connectivity index (χ0n) is 11.6. The maximum Gasteiger partial charge on any atom is 0.389 e. The second-order valence-corrected chi connectivity index (χ2v) is 5.54. The van der Waals surface area contributed by atoms with Gasteiger partial charge in [-0.15, -0.1) is 0 Å². The van der Waals surface area contributed by atoms with Crippen molar-refractivity contribution < 1.29 is 13.2 Å². The van der Waals surface area contributed by atoms with Crippen molar-refractivity contribution in [2.24, 2.45) is 5.92 Å². The standard InChI is InChI=1S/C13H25F3N2/c1-4-11-9-18(7-5-6-13(14,15)16)12(8-17-11)10(2)3/h10-12,17H,4-9H2,1-3H3. The molecule has 0 aromatic rings. The molecule has 2 unspecified atom stereocenters. The van der Waals surface area contributed by atoms with E-state index in [1.165, 1.54) is 0 Å². The van der Waals surface area contributed by atoms with E-state index in [9.17, 15) is 13.2 Å². The molecule has 108 valence electrons. The van der Waals surface area contributed by atoms with Crippen molar-refractivity contribution in [1.29, 1.82) is 0 Å². The Balaban J connectivity index is 2.46. The predicted molar refractivity (Wildman–Crippen MR) is 67.6 cm³/mol. The third kappa shape index (κ3) is 5.14. The molecule has 0 aromatic carbocycles. The van der Waals surface area contributed by atoms with Crippen LogP contribution in [0.15, 0.2) is 0 Å². The molecule has 0 bridgehead atoms. The molecule has 0 aromatic heterocycles. The summed E-state index contributed by atoms with van der Waals surface area (Å²) in [4.78, 5) is 2.24. The van der Waals surface area contributed by atoms with Crippen LogP contribution in [0.5, 0.6) is 0 Å². The summed E-state index contributed by atoms with van der Waals surface area (Å²) in [6.07, 6.45) is -3.45. The van der Waals surface area contributed by atoms with Gasteiger partial charge in [-0.25, -0.2) is 0 Å². The molecule has 1 heterocycles. The van der Waals surface area contributed by atoms with E-state index in [1.807, 2.05) is 0 Å². The molecule has 1 fully saturated rings. The maximum absolute atomic E-state index is 12.2. The first-order valence-corrected chi connectivity index (χ1v) is 6.87. The highest BCUT2D eigenvalue weighted by molar-refractivity contribution is 4.87. The zero-order valence-corrected chi connectivity index (χ0v) is 11.6. The van der Waals surface area contributed by atoms with Crippen molar-refractivity contribution in [2.45, 2.75) is 58.3 Å². The van der Waals surface area contributed by atoms with E-state index in [1.54, 1.807) is 0 Å². The molecular weight excluding hydrogens is 241 g/mol. The van der Waals surface area contributed by atoms with Crippen molar-refractivity contribution in [3.63, 3.8) is 0 Å². The lowest BCUT2D eigenvalue weighted by atomic mass is 9.97. The minimum Gasteiger partial charge on any atom is -0.311 e. The SMILES string of the molecule is CCC1CN(CCCC(F)(F)F)C(C(C)C)CN1. The first-order chi connectivity index (χ1) is 8.33. The Morgan fingerprint density at radius 2 is 2.00 bits per heavy atom. The molecule has 18 heavy (non-hydrogen) atoms. The molecule has 0 spiro atoms. The third-order valence-corrected chi connectivity index (χ3v) is 3.71. The third-order valence-electron chi connectivity index (χ3n) is 3.71. The topological polar surface area (TPSA) is 15.3 Å². The fraction of sp³-hybridized carbons (Fsp3) is 1.00. The van der Waals surface area contributed by atoms with Gasteiger partial charge in [0, 0.05) is 31.6 Å². The van der Waals surface area contributed by atoms with Crippen LogP contribution in [0.2, 0.25) is 0 Å². The minimum absolute atomic E-state index is 0.211. The first kappa shape index (κ1) is 15.8. The summed E-state index contributed by atoms with van der Waals surface area (Å²) < 4.78 is 36.5. The Kier molecular flexibility index (Phi) is 5.92. The van der Waals surface area contributed by atoms with E-state index in [2.05, 4.69) is 31.0 Å². The van der Waals surface area contributed by atoms with Gasteiger partial charge in [0.2, 0.25) is 0 Å². The second kappa shape index (κ2) is 6.75. The van der Waals surface area contributed by atoms with E-state index in [0.717, 1.165) is 19.5 Å². The molecule has 1 rings (SSSR count). The summed E-state index contributed by atoms with van der Waals surface area (Å²) >= 11 is 0. The molecule has 0 saturated carbocycles. The van der Waals surface area contributed by atoms with Crippen LogP contribution in [0.25, 0.3) is 0 Å². The average molecular weight is 266 g/mol. The van der Waals surface area contributed by atoms with E-state index < -0.39 is 12.6 Å². The number of hydrogen-bond acceptors (Lipinski definition) is 2. The van der Waals surface area contributed by atoms with Gasteiger partial charge in [-0.2, -0.15) is 13.2 Å². The van der Waals surface area contributed by atoms with Crippen LogP contribution >= 0.6 is 0 Å². The lowest BCUT2D eigenvalue weighted by molar-refractivity contribution is -0.136. The molecule has 0 radical (unpaired) electrons. The summed E-state index contributed by atoms with van der Waals surface area (Å²) in [5, 5.41) is 3.47. The quantitative estimate of drug-likeness (QED) is 0.823.